The van der Waals surface area contributed by atoms with Gasteiger partial charge in [0.15, 0.2) is 18.3 Å². The van der Waals surface area contributed by atoms with Crippen molar-refractivity contribution in [2.75, 3.05) is 20.1 Å². The van der Waals surface area contributed by atoms with E-state index in [0.29, 0.717) is 0 Å². The summed E-state index contributed by atoms with van der Waals surface area (Å²) in [7, 11) is 1.99. The normalized spacial score (nSPS) is 39.0. The third-order valence-electron chi connectivity index (χ3n) is 3.94. The minimum Gasteiger partial charge on any atom is -0.500 e. The number of rotatable bonds is 3. The molecule has 2 saturated heterocycles. The van der Waals surface area contributed by atoms with Gasteiger partial charge in [0.1, 0.15) is 18.3 Å². The second-order valence-electron chi connectivity index (χ2n) is 5.52. The minimum absolute atomic E-state index is 0.161. The lowest BCUT2D eigenvalue weighted by Crippen LogP contribution is -2.59. The predicted molar refractivity (Wildman–Crippen MR) is 70.1 cm³/mol. The van der Waals surface area contributed by atoms with Gasteiger partial charge in [0.25, 0.3) is 0 Å². The van der Waals surface area contributed by atoms with Crippen molar-refractivity contribution in [3.63, 3.8) is 0 Å². The summed E-state index contributed by atoms with van der Waals surface area (Å²) >= 11 is 0. The molecule has 0 radical (unpaired) electrons. The molecule has 0 saturated carbocycles. The van der Waals surface area contributed by atoms with Gasteiger partial charge in [-0.15, -0.1) is 0 Å². The van der Waals surface area contributed by atoms with E-state index in [-0.39, 0.29) is 6.10 Å². The van der Waals surface area contributed by atoms with Crippen molar-refractivity contribution < 1.29 is 34.7 Å². The molecular formula is C13H21NO7. The molecule has 0 aromatic heterocycles. The zero-order valence-corrected chi connectivity index (χ0v) is 11.8. The highest BCUT2D eigenvalue weighted by Crippen LogP contribution is 2.27. The number of likely N-dealkylation sites (tertiary alicyclic amines) is 1. The largest absolute Gasteiger partial charge is 0.500 e. The predicted octanol–water partition coefficient (Wildman–Crippen LogP) is -1.82. The molecule has 0 aromatic carbocycles. The van der Waals surface area contributed by atoms with Gasteiger partial charge in [-0.25, -0.2) is 4.79 Å². The molecule has 2 aliphatic heterocycles. The van der Waals surface area contributed by atoms with Gasteiger partial charge in [0.2, 0.25) is 5.76 Å². The van der Waals surface area contributed by atoms with Crippen LogP contribution in [0.3, 0.4) is 0 Å². The molecule has 2 fully saturated rings. The number of aliphatic hydroxyl groups excluding tert-OH is 4. The van der Waals surface area contributed by atoms with Crippen molar-refractivity contribution in [1.29, 1.82) is 0 Å². The standard InChI is InChI=1S/C13H21NO7/c1-14-4-2-7(3-5-14)20-13-11(19)9(17)10(18)12(21-13)8(16)6-15/h7,9-13,16-19H,2-5H2,1H3/t9-,10-,11-,12+,13?/m0/s1. The van der Waals surface area contributed by atoms with Crippen LogP contribution in [-0.2, 0) is 14.3 Å². The molecule has 120 valence electrons. The molecule has 1 unspecified atom stereocenters. The average Bonchev–Trinajstić information content (AvgIpc) is 2.49. The molecule has 2 aliphatic rings. The number of carbonyl (C=O) groups excluding carboxylic acids is 1. The Balaban J connectivity index is 2.02. The van der Waals surface area contributed by atoms with Crippen LogP contribution in [0.4, 0.5) is 0 Å². The van der Waals surface area contributed by atoms with Crippen LogP contribution in [0.25, 0.3) is 0 Å². The molecular weight excluding hydrogens is 282 g/mol. The maximum atomic E-state index is 10.5. The minimum atomic E-state index is -1.63. The number of ether oxygens (including phenoxy) is 2. The van der Waals surface area contributed by atoms with E-state index in [4.69, 9.17) is 9.47 Å². The fraction of sp³-hybridized carbons (Fsp3) is 0.846. The Hall–Kier alpha value is -0.990. The van der Waals surface area contributed by atoms with Crippen LogP contribution in [0.15, 0.2) is 5.76 Å². The van der Waals surface area contributed by atoms with Gasteiger partial charge in [0.05, 0.1) is 6.10 Å². The number of aliphatic hydroxyl groups is 4. The zero-order valence-electron chi connectivity index (χ0n) is 11.8. The van der Waals surface area contributed by atoms with E-state index in [1.165, 1.54) is 5.94 Å². The van der Waals surface area contributed by atoms with Gasteiger partial charge in [-0.1, -0.05) is 0 Å². The fourth-order valence-electron chi connectivity index (χ4n) is 2.56. The highest BCUT2D eigenvalue weighted by atomic mass is 16.7. The highest BCUT2D eigenvalue weighted by molar-refractivity contribution is 5.50. The smallest absolute Gasteiger partial charge is 0.209 e. The van der Waals surface area contributed by atoms with Crippen molar-refractivity contribution in [3.8, 4) is 0 Å². The van der Waals surface area contributed by atoms with Crippen LogP contribution in [0, 0.1) is 0 Å². The summed E-state index contributed by atoms with van der Waals surface area (Å²) in [6.45, 7) is 1.67. The molecule has 5 atom stereocenters. The van der Waals surface area contributed by atoms with Crippen LogP contribution in [-0.4, -0.2) is 88.2 Å². The zero-order chi connectivity index (χ0) is 15.6. The van der Waals surface area contributed by atoms with Gasteiger partial charge in [-0.05, 0) is 19.9 Å². The Kier molecular flexibility index (Phi) is 5.34. The molecule has 4 N–H and O–H groups in total. The molecule has 0 amide bonds. The van der Waals surface area contributed by atoms with Crippen LogP contribution >= 0.6 is 0 Å². The topological polar surface area (TPSA) is 120 Å². The first-order valence-electron chi connectivity index (χ1n) is 6.91. The molecule has 0 bridgehead atoms. The quantitative estimate of drug-likeness (QED) is 0.355. The van der Waals surface area contributed by atoms with Crippen LogP contribution in [0.2, 0.25) is 0 Å². The lowest BCUT2D eigenvalue weighted by Gasteiger charge is -2.41. The monoisotopic (exact) mass is 303 g/mol. The Morgan fingerprint density at radius 3 is 2.38 bits per heavy atom. The van der Waals surface area contributed by atoms with E-state index < -0.39 is 36.5 Å². The summed E-state index contributed by atoms with van der Waals surface area (Å²) in [5.74, 6) is 0.343. The maximum absolute atomic E-state index is 10.5. The van der Waals surface area contributed by atoms with Crippen molar-refractivity contribution in [2.24, 2.45) is 0 Å². The summed E-state index contributed by atoms with van der Waals surface area (Å²) in [5, 5.41) is 38.8. The first kappa shape index (κ1) is 16.4. The van der Waals surface area contributed by atoms with E-state index in [0.717, 1.165) is 25.9 Å². The number of nitrogens with zero attached hydrogens (tertiary/aromatic N) is 1. The summed E-state index contributed by atoms with van der Waals surface area (Å²) in [6.07, 6.45) is -6.05. The Morgan fingerprint density at radius 1 is 1.19 bits per heavy atom. The Labute approximate surface area is 122 Å². The van der Waals surface area contributed by atoms with E-state index in [9.17, 15) is 25.2 Å². The summed E-state index contributed by atoms with van der Waals surface area (Å²) < 4.78 is 10.8. The third kappa shape index (κ3) is 3.61. The second kappa shape index (κ2) is 6.85. The van der Waals surface area contributed by atoms with E-state index in [1.807, 2.05) is 7.05 Å². The van der Waals surface area contributed by atoms with Crippen LogP contribution < -0.4 is 0 Å². The molecule has 0 aromatic rings. The molecule has 2 heterocycles. The number of hydrogen-bond donors (Lipinski definition) is 4. The molecule has 8 nitrogen and oxygen atoms in total. The molecule has 0 spiro atoms. The van der Waals surface area contributed by atoms with Gasteiger partial charge < -0.3 is 34.8 Å². The number of hydrogen-bond acceptors (Lipinski definition) is 8. The molecule has 21 heavy (non-hydrogen) atoms. The molecule has 8 heteroatoms. The summed E-state index contributed by atoms with van der Waals surface area (Å²) in [5.41, 5.74) is 0. The fourth-order valence-corrected chi connectivity index (χ4v) is 2.56. The first-order chi connectivity index (χ1) is 9.93. The van der Waals surface area contributed by atoms with Crippen LogP contribution in [0.1, 0.15) is 12.8 Å². The molecule has 0 aliphatic carbocycles. The SMILES string of the molecule is CN1CCC(OC2O[C@H](C(O)=C=O)[C@@H](O)[C@H](O)[C@@H]2O)CC1. The number of piperidine rings is 1. The lowest BCUT2D eigenvalue weighted by molar-refractivity contribution is -0.306. The van der Waals surface area contributed by atoms with Crippen LogP contribution in [0.5, 0.6) is 0 Å². The van der Waals surface area contributed by atoms with Gasteiger partial charge >= 0.3 is 0 Å². The first-order valence-corrected chi connectivity index (χ1v) is 6.91. The average molecular weight is 303 g/mol. The maximum Gasteiger partial charge on any atom is 0.209 e. The van der Waals surface area contributed by atoms with E-state index in [2.05, 4.69) is 4.90 Å². The second-order valence-corrected chi connectivity index (χ2v) is 5.52. The van der Waals surface area contributed by atoms with Crippen molar-refractivity contribution in [3.05, 3.63) is 5.76 Å². The summed E-state index contributed by atoms with van der Waals surface area (Å²) in [6, 6.07) is 0. The Bertz CT molecular complexity index is 403. The molecule has 2 rings (SSSR count). The summed E-state index contributed by atoms with van der Waals surface area (Å²) in [4.78, 5) is 12.6. The van der Waals surface area contributed by atoms with Gasteiger partial charge in [0, 0.05) is 13.1 Å². The van der Waals surface area contributed by atoms with E-state index in [1.54, 1.807) is 0 Å². The third-order valence-corrected chi connectivity index (χ3v) is 3.94. The lowest BCUT2D eigenvalue weighted by atomic mass is 9.97. The van der Waals surface area contributed by atoms with E-state index >= 15 is 0 Å². The Morgan fingerprint density at radius 2 is 1.81 bits per heavy atom. The van der Waals surface area contributed by atoms with Crippen molar-refractivity contribution in [1.82, 2.24) is 4.90 Å². The van der Waals surface area contributed by atoms with Crippen molar-refractivity contribution in [2.45, 2.75) is 49.7 Å². The highest BCUT2D eigenvalue weighted by Gasteiger charge is 2.47. The van der Waals surface area contributed by atoms with Gasteiger partial charge in [-0.3, -0.25) is 0 Å². The van der Waals surface area contributed by atoms with Gasteiger partial charge in [-0.2, -0.15) is 0 Å². The van der Waals surface area contributed by atoms with Crippen molar-refractivity contribution >= 4 is 5.94 Å².